The van der Waals surface area contributed by atoms with Gasteiger partial charge in [-0.3, -0.25) is 9.59 Å². The molecule has 1 aliphatic heterocycles. The Morgan fingerprint density at radius 3 is 2.73 bits per heavy atom. The Morgan fingerprint density at radius 2 is 2.14 bits per heavy atom. The zero-order valence-electron chi connectivity index (χ0n) is 13.2. The minimum Gasteiger partial charge on any atom is -0.351 e. The van der Waals surface area contributed by atoms with Crippen LogP contribution in [-0.2, 0) is 11.3 Å². The predicted molar refractivity (Wildman–Crippen MR) is 91.4 cm³/mol. The summed E-state index contributed by atoms with van der Waals surface area (Å²) in [6.07, 6.45) is 0.836. The molecule has 0 bridgehead atoms. The highest BCUT2D eigenvalue weighted by molar-refractivity contribution is 7.14. The molecule has 1 aliphatic rings. The topological polar surface area (TPSA) is 75.4 Å². The zero-order valence-corrected chi connectivity index (χ0v) is 14.9. The smallest absolute Gasteiger partial charge is 0.263 e. The number of halogens is 1. The summed E-state index contributed by atoms with van der Waals surface area (Å²) in [7, 11) is 0. The molecule has 124 valence electrons. The second kappa shape index (κ2) is 7.44. The van der Waals surface area contributed by atoms with E-state index in [0.29, 0.717) is 19.6 Å². The summed E-state index contributed by atoms with van der Waals surface area (Å²) in [5.41, 5.74) is 6.06. The van der Waals surface area contributed by atoms with Crippen molar-refractivity contribution in [1.82, 2.24) is 10.2 Å². The summed E-state index contributed by atoms with van der Waals surface area (Å²) in [5.74, 6) is -0.00269. The zero-order chi connectivity index (χ0) is 15.6. The second-order valence-electron chi connectivity index (χ2n) is 6.29. The molecule has 1 unspecified atom stereocenters. The van der Waals surface area contributed by atoms with Gasteiger partial charge in [0.2, 0.25) is 5.91 Å². The Bertz CT molecular complexity index is 545. The Balaban J connectivity index is 0.00000242. The van der Waals surface area contributed by atoms with Crippen LogP contribution in [0.3, 0.4) is 0 Å². The molecule has 0 saturated carbocycles. The molecule has 2 rings (SSSR count). The molecule has 2 amide bonds. The molecule has 0 radical (unpaired) electrons. The molecule has 0 aromatic carbocycles. The van der Waals surface area contributed by atoms with Crippen molar-refractivity contribution in [2.75, 3.05) is 13.1 Å². The number of likely N-dealkylation sites (tertiary alicyclic amines) is 1. The van der Waals surface area contributed by atoms with E-state index in [1.54, 1.807) is 0 Å². The number of nitrogens with two attached hydrogens (primary N) is 1. The van der Waals surface area contributed by atoms with Crippen LogP contribution in [0.5, 0.6) is 0 Å². The lowest BCUT2D eigenvalue weighted by molar-refractivity contribution is -0.119. The molecular weight excluding hydrogens is 322 g/mol. The van der Waals surface area contributed by atoms with Gasteiger partial charge in [-0.1, -0.05) is 13.8 Å². The normalized spacial score (nSPS) is 20.2. The fourth-order valence-corrected chi connectivity index (χ4v) is 3.42. The first-order valence-corrected chi connectivity index (χ1v) is 7.99. The molecular formula is C15H24ClN3O2S. The van der Waals surface area contributed by atoms with E-state index in [1.807, 2.05) is 17.0 Å². The van der Waals surface area contributed by atoms with Crippen LogP contribution in [0.15, 0.2) is 12.1 Å². The van der Waals surface area contributed by atoms with E-state index in [4.69, 9.17) is 5.73 Å². The van der Waals surface area contributed by atoms with Crippen molar-refractivity contribution < 1.29 is 9.59 Å². The maximum atomic E-state index is 12.6. The van der Waals surface area contributed by atoms with Gasteiger partial charge in [-0.2, -0.15) is 0 Å². The van der Waals surface area contributed by atoms with Gasteiger partial charge in [0.1, 0.15) is 0 Å². The van der Waals surface area contributed by atoms with E-state index in [9.17, 15) is 9.59 Å². The SMILES string of the molecule is CC(=O)NCc1ccc(C(=O)N2CCC(N)C(C)(C)C2)s1.Cl. The number of carbonyl (C=O) groups excluding carboxylic acids is 2. The predicted octanol–water partition coefficient (Wildman–Crippen LogP) is 2.01. The van der Waals surface area contributed by atoms with Crippen LogP contribution in [0.1, 0.15) is 41.7 Å². The molecule has 2 heterocycles. The van der Waals surface area contributed by atoms with E-state index in [1.165, 1.54) is 18.3 Å². The van der Waals surface area contributed by atoms with E-state index >= 15 is 0 Å². The molecule has 7 heteroatoms. The lowest BCUT2D eigenvalue weighted by atomic mass is 9.79. The number of hydrogen-bond donors (Lipinski definition) is 2. The number of nitrogens with one attached hydrogen (secondary N) is 1. The van der Waals surface area contributed by atoms with Crippen LogP contribution in [-0.4, -0.2) is 35.8 Å². The molecule has 5 nitrogen and oxygen atoms in total. The van der Waals surface area contributed by atoms with Gasteiger partial charge in [0.25, 0.3) is 5.91 Å². The van der Waals surface area contributed by atoms with Gasteiger partial charge in [0, 0.05) is 30.9 Å². The molecule has 22 heavy (non-hydrogen) atoms. The lowest BCUT2D eigenvalue weighted by Crippen LogP contribution is -2.53. The summed E-state index contributed by atoms with van der Waals surface area (Å²) in [5, 5.41) is 2.74. The second-order valence-corrected chi connectivity index (χ2v) is 7.45. The average molecular weight is 346 g/mol. The van der Waals surface area contributed by atoms with E-state index in [2.05, 4.69) is 19.2 Å². The number of carbonyl (C=O) groups is 2. The summed E-state index contributed by atoms with van der Waals surface area (Å²) in [6, 6.07) is 3.88. The lowest BCUT2D eigenvalue weighted by Gasteiger charge is -2.42. The largest absolute Gasteiger partial charge is 0.351 e. The maximum absolute atomic E-state index is 12.6. The fraction of sp³-hybridized carbons (Fsp3) is 0.600. The standard InChI is InChI=1S/C15H23N3O2S.ClH/c1-10(19)17-8-11-4-5-12(21-11)14(20)18-7-6-13(16)15(2,3)9-18;/h4-5,13H,6-9,16H2,1-3H3,(H,17,19);1H. The van der Waals surface area contributed by atoms with Gasteiger partial charge in [-0.15, -0.1) is 23.7 Å². The Labute approximate surface area is 141 Å². The van der Waals surface area contributed by atoms with Crippen molar-refractivity contribution in [2.24, 2.45) is 11.1 Å². The monoisotopic (exact) mass is 345 g/mol. The first-order valence-electron chi connectivity index (χ1n) is 7.17. The first-order chi connectivity index (χ1) is 9.79. The Hall–Kier alpha value is -1.11. The highest BCUT2D eigenvalue weighted by atomic mass is 35.5. The van der Waals surface area contributed by atoms with Crippen molar-refractivity contribution >= 4 is 35.6 Å². The first kappa shape index (κ1) is 18.9. The summed E-state index contributed by atoms with van der Waals surface area (Å²) in [4.78, 5) is 27.1. The molecule has 1 saturated heterocycles. The number of thiophene rings is 1. The third-order valence-electron chi connectivity index (χ3n) is 3.98. The van der Waals surface area contributed by atoms with Crippen molar-refractivity contribution in [3.8, 4) is 0 Å². The minimum absolute atomic E-state index is 0. The van der Waals surface area contributed by atoms with E-state index < -0.39 is 0 Å². The summed E-state index contributed by atoms with van der Waals surface area (Å²) >= 11 is 1.44. The minimum atomic E-state index is -0.0666. The van der Waals surface area contributed by atoms with Crippen molar-refractivity contribution in [3.05, 3.63) is 21.9 Å². The molecule has 1 aromatic heterocycles. The Kier molecular flexibility index (Phi) is 6.40. The van der Waals surface area contributed by atoms with Crippen molar-refractivity contribution in [2.45, 2.75) is 39.8 Å². The molecule has 1 fully saturated rings. The van der Waals surface area contributed by atoms with Gasteiger partial charge in [-0.05, 0) is 24.0 Å². The number of hydrogen-bond acceptors (Lipinski definition) is 4. The van der Waals surface area contributed by atoms with E-state index in [-0.39, 0.29) is 35.7 Å². The summed E-state index contributed by atoms with van der Waals surface area (Å²) in [6.45, 7) is 7.57. The van der Waals surface area contributed by atoms with Crippen LogP contribution in [0.2, 0.25) is 0 Å². The number of piperidine rings is 1. The molecule has 1 atom stereocenters. The highest BCUT2D eigenvalue weighted by Gasteiger charge is 2.35. The quantitative estimate of drug-likeness (QED) is 0.879. The van der Waals surface area contributed by atoms with Crippen molar-refractivity contribution in [1.29, 1.82) is 0 Å². The average Bonchev–Trinajstić information content (AvgIpc) is 2.87. The molecule has 0 aliphatic carbocycles. The van der Waals surface area contributed by atoms with Gasteiger partial charge in [0.05, 0.1) is 11.4 Å². The van der Waals surface area contributed by atoms with Crippen LogP contribution in [0.4, 0.5) is 0 Å². The highest BCUT2D eigenvalue weighted by Crippen LogP contribution is 2.29. The van der Waals surface area contributed by atoms with Gasteiger partial charge >= 0.3 is 0 Å². The van der Waals surface area contributed by atoms with Crippen LogP contribution < -0.4 is 11.1 Å². The summed E-state index contributed by atoms with van der Waals surface area (Å²) < 4.78 is 0. The third-order valence-corrected chi connectivity index (χ3v) is 5.06. The van der Waals surface area contributed by atoms with Crippen LogP contribution >= 0.6 is 23.7 Å². The van der Waals surface area contributed by atoms with E-state index in [0.717, 1.165) is 16.2 Å². The van der Waals surface area contributed by atoms with Crippen LogP contribution in [0, 0.1) is 5.41 Å². The third kappa shape index (κ3) is 4.44. The van der Waals surface area contributed by atoms with Gasteiger partial charge < -0.3 is 16.0 Å². The molecule has 1 aromatic rings. The number of rotatable bonds is 3. The molecule has 0 spiro atoms. The Morgan fingerprint density at radius 1 is 1.45 bits per heavy atom. The molecule has 3 N–H and O–H groups in total. The van der Waals surface area contributed by atoms with Gasteiger partial charge in [0.15, 0.2) is 0 Å². The maximum Gasteiger partial charge on any atom is 0.263 e. The van der Waals surface area contributed by atoms with Crippen LogP contribution in [0.25, 0.3) is 0 Å². The number of amides is 2. The fourth-order valence-electron chi connectivity index (χ4n) is 2.50. The number of nitrogens with zero attached hydrogens (tertiary/aromatic N) is 1. The van der Waals surface area contributed by atoms with Crippen molar-refractivity contribution in [3.63, 3.8) is 0 Å². The van der Waals surface area contributed by atoms with Gasteiger partial charge in [-0.25, -0.2) is 0 Å².